The first-order valence-corrected chi connectivity index (χ1v) is 9.06. The maximum Gasteiger partial charge on any atom is 0.266 e. The second-order valence-electron chi connectivity index (χ2n) is 6.16. The van der Waals surface area contributed by atoms with E-state index in [0.717, 1.165) is 27.7 Å². The van der Waals surface area contributed by atoms with E-state index in [1.165, 1.54) is 11.8 Å². The molecule has 1 unspecified atom stereocenters. The normalized spacial score (nSPS) is 21.8. The Balaban J connectivity index is 1.80. The Kier molecular flexibility index (Phi) is 2.97. The van der Waals surface area contributed by atoms with Gasteiger partial charge in [0.05, 0.1) is 11.4 Å². The van der Waals surface area contributed by atoms with Crippen molar-refractivity contribution >= 4 is 45.7 Å². The van der Waals surface area contributed by atoms with Crippen LogP contribution in [0.5, 0.6) is 0 Å². The van der Waals surface area contributed by atoms with E-state index < -0.39 is 4.87 Å². The maximum absolute atomic E-state index is 13.0. The number of amides is 2. The summed E-state index contributed by atoms with van der Waals surface area (Å²) in [5, 5.41) is 4.96. The van der Waals surface area contributed by atoms with Crippen LogP contribution in [0.15, 0.2) is 66.7 Å². The number of carbonyl (C=O) groups excluding carboxylic acids is 2. The highest BCUT2D eigenvalue weighted by atomic mass is 32.2. The van der Waals surface area contributed by atoms with Gasteiger partial charge in [0.2, 0.25) is 10.8 Å². The molecule has 0 radical (unpaired) electrons. The molecule has 5 rings (SSSR count). The number of thioether (sulfide) groups is 1. The zero-order valence-corrected chi connectivity index (χ0v) is 14.0. The topological polar surface area (TPSA) is 49.4 Å². The van der Waals surface area contributed by atoms with Gasteiger partial charge in [0.15, 0.2) is 0 Å². The van der Waals surface area contributed by atoms with Crippen molar-refractivity contribution in [1.29, 1.82) is 0 Å². The second kappa shape index (κ2) is 5.10. The number of fused-ring (bicyclic) bond motifs is 3. The number of hydrogen-bond acceptors (Lipinski definition) is 3. The fourth-order valence-electron chi connectivity index (χ4n) is 3.76. The summed E-state index contributed by atoms with van der Waals surface area (Å²) >= 11 is 1.39. The van der Waals surface area contributed by atoms with Gasteiger partial charge in [-0.15, -0.1) is 11.8 Å². The van der Waals surface area contributed by atoms with E-state index in [0.29, 0.717) is 0 Å². The Hall–Kier alpha value is -2.79. The minimum atomic E-state index is -1.03. The number of rotatable bonds is 1. The predicted octanol–water partition coefficient (Wildman–Crippen LogP) is 3.72. The van der Waals surface area contributed by atoms with Gasteiger partial charge in [-0.25, -0.2) is 0 Å². The second-order valence-corrected chi connectivity index (χ2v) is 7.33. The van der Waals surface area contributed by atoms with Gasteiger partial charge in [0.1, 0.15) is 0 Å². The highest BCUT2D eigenvalue weighted by Crippen LogP contribution is 2.54. The molecule has 0 saturated carbocycles. The number of nitrogens with zero attached hydrogens (tertiary/aromatic N) is 1. The Morgan fingerprint density at radius 2 is 1.68 bits per heavy atom. The van der Waals surface area contributed by atoms with E-state index in [9.17, 15) is 9.59 Å². The molecule has 25 heavy (non-hydrogen) atoms. The first-order valence-electron chi connectivity index (χ1n) is 8.07. The molecule has 122 valence electrons. The van der Waals surface area contributed by atoms with Crippen molar-refractivity contribution in [2.45, 2.75) is 4.87 Å². The molecule has 0 bridgehead atoms. The highest BCUT2D eigenvalue weighted by molar-refractivity contribution is 8.02. The van der Waals surface area contributed by atoms with Gasteiger partial charge in [-0.1, -0.05) is 54.6 Å². The summed E-state index contributed by atoms with van der Waals surface area (Å²) < 4.78 is 0. The molecule has 1 spiro atoms. The Morgan fingerprint density at radius 1 is 0.920 bits per heavy atom. The fourth-order valence-corrected chi connectivity index (χ4v) is 5.07. The molecule has 3 aromatic rings. The Morgan fingerprint density at radius 3 is 2.60 bits per heavy atom. The number of nitrogens with one attached hydrogen (secondary N) is 1. The number of hydrogen-bond donors (Lipinski definition) is 1. The van der Waals surface area contributed by atoms with Crippen LogP contribution in [-0.2, 0) is 14.5 Å². The van der Waals surface area contributed by atoms with Gasteiger partial charge in [-0.05, 0) is 17.5 Å². The molecule has 2 heterocycles. The van der Waals surface area contributed by atoms with Gasteiger partial charge < -0.3 is 5.32 Å². The van der Waals surface area contributed by atoms with Crippen molar-refractivity contribution in [3.63, 3.8) is 0 Å². The molecule has 1 N–H and O–H groups in total. The molecule has 5 heteroatoms. The Bertz CT molecular complexity index is 1040. The average Bonchev–Trinajstić information content (AvgIpc) is 3.13. The molecule has 2 aliphatic heterocycles. The average molecular weight is 346 g/mol. The maximum atomic E-state index is 13.0. The quantitative estimate of drug-likeness (QED) is 0.730. The molecule has 1 saturated heterocycles. The molecule has 3 aromatic carbocycles. The summed E-state index contributed by atoms with van der Waals surface area (Å²) in [7, 11) is 0. The highest BCUT2D eigenvalue weighted by Gasteiger charge is 2.58. The van der Waals surface area contributed by atoms with Crippen LogP contribution in [0.4, 0.5) is 11.4 Å². The fraction of sp³-hybridized carbons (Fsp3) is 0.100. The van der Waals surface area contributed by atoms with E-state index in [4.69, 9.17) is 0 Å². The third-order valence-corrected chi connectivity index (χ3v) is 6.22. The predicted molar refractivity (Wildman–Crippen MR) is 101 cm³/mol. The summed E-state index contributed by atoms with van der Waals surface area (Å²) in [4.78, 5) is 26.5. The molecule has 4 nitrogen and oxygen atoms in total. The number of para-hydroxylation sites is 1. The van der Waals surface area contributed by atoms with E-state index in [-0.39, 0.29) is 17.6 Å². The lowest BCUT2D eigenvalue weighted by Gasteiger charge is -2.33. The van der Waals surface area contributed by atoms with Crippen molar-refractivity contribution in [3.8, 4) is 0 Å². The van der Waals surface area contributed by atoms with Gasteiger partial charge in [-0.3, -0.25) is 14.5 Å². The van der Waals surface area contributed by atoms with Crippen LogP contribution in [0.2, 0.25) is 0 Å². The van der Waals surface area contributed by atoms with Gasteiger partial charge in [-0.2, -0.15) is 0 Å². The zero-order valence-electron chi connectivity index (χ0n) is 13.2. The van der Waals surface area contributed by atoms with Crippen molar-refractivity contribution in [3.05, 3.63) is 72.3 Å². The van der Waals surface area contributed by atoms with E-state index in [2.05, 4.69) is 5.32 Å². The van der Waals surface area contributed by atoms with Crippen LogP contribution < -0.4 is 10.2 Å². The standard InChI is InChI=1S/C20H14N2O2S/c23-18-12-25-20(15-9-3-4-10-16(15)21-19(20)24)22(18)17-11-5-7-13-6-1-2-8-14(13)17/h1-11H,12H2,(H,21,24). The minimum absolute atomic E-state index is 0.0480. The lowest BCUT2D eigenvalue weighted by molar-refractivity contribution is -0.122. The Labute approximate surface area is 148 Å². The molecule has 0 aromatic heterocycles. The third-order valence-electron chi connectivity index (χ3n) is 4.82. The van der Waals surface area contributed by atoms with Crippen LogP contribution in [0.25, 0.3) is 10.8 Å². The monoisotopic (exact) mass is 346 g/mol. The van der Waals surface area contributed by atoms with Gasteiger partial charge in [0, 0.05) is 16.6 Å². The summed E-state index contributed by atoms with van der Waals surface area (Å²) in [5.41, 5.74) is 2.41. The first-order chi connectivity index (χ1) is 12.2. The van der Waals surface area contributed by atoms with Crippen molar-refractivity contribution < 1.29 is 9.59 Å². The largest absolute Gasteiger partial charge is 0.323 e. The van der Waals surface area contributed by atoms with E-state index >= 15 is 0 Å². The number of benzene rings is 3. The van der Waals surface area contributed by atoms with E-state index in [1.54, 1.807) is 4.90 Å². The summed E-state index contributed by atoms with van der Waals surface area (Å²) in [6.07, 6.45) is 0. The molecule has 1 atom stereocenters. The molecule has 0 aliphatic carbocycles. The molecule has 2 aliphatic rings. The molecular formula is C20H14N2O2S. The SMILES string of the molecule is O=C1CSC2(C(=O)Nc3ccccc32)N1c1cccc2ccccc12. The lowest BCUT2D eigenvalue weighted by atomic mass is 10.0. The first kappa shape index (κ1) is 14.5. The van der Waals surface area contributed by atoms with Crippen molar-refractivity contribution in [1.82, 2.24) is 0 Å². The third kappa shape index (κ3) is 1.84. The summed E-state index contributed by atoms with van der Waals surface area (Å²) in [5.74, 6) is 0.0796. The van der Waals surface area contributed by atoms with Crippen molar-refractivity contribution in [2.24, 2.45) is 0 Å². The van der Waals surface area contributed by atoms with Gasteiger partial charge in [0.25, 0.3) is 5.91 Å². The van der Waals surface area contributed by atoms with Crippen LogP contribution >= 0.6 is 11.8 Å². The summed E-state index contributed by atoms with van der Waals surface area (Å²) in [6.45, 7) is 0. The van der Waals surface area contributed by atoms with Crippen molar-refractivity contribution in [2.75, 3.05) is 16.0 Å². The summed E-state index contributed by atoms with van der Waals surface area (Å²) in [6, 6.07) is 21.4. The van der Waals surface area contributed by atoms with Crippen LogP contribution in [0.3, 0.4) is 0 Å². The number of carbonyl (C=O) groups is 2. The van der Waals surface area contributed by atoms with Gasteiger partial charge >= 0.3 is 0 Å². The molecule has 2 amide bonds. The smallest absolute Gasteiger partial charge is 0.266 e. The van der Waals surface area contributed by atoms with Crippen LogP contribution in [-0.4, -0.2) is 17.6 Å². The van der Waals surface area contributed by atoms with E-state index in [1.807, 2.05) is 66.7 Å². The minimum Gasteiger partial charge on any atom is -0.323 e. The zero-order chi connectivity index (χ0) is 17.0. The van der Waals surface area contributed by atoms with Crippen LogP contribution in [0.1, 0.15) is 5.56 Å². The van der Waals surface area contributed by atoms with Crippen LogP contribution in [0, 0.1) is 0 Å². The number of anilines is 2. The molecular weight excluding hydrogens is 332 g/mol. The molecule has 1 fully saturated rings. The lowest BCUT2D eigenvalue weighted by Crippen LogP contribution is -2.47.